The van der Waals surface area contributed by atoms with Crippen LogP contribution in [0.15, 0.2) is 103 Å². The third-order valence-corrected chi connectivity index (χ3v) is 8.87. The van der Waals surface area contributed by atoms with Crippen LogP contribution in [-0.2, 0) is 45.7 Å². The summed E-state index contributed by atoms with van der Waals surface area (Å²) in [5, 5.41) is 3.51. The number of hydrogen-bond donors (Lipinski definition) is 1. The molecular formula is C34H34ClN3O6S. The zero-order valence-electron chi connectivity index (χ0n) is 24.8. The molecule has 0 fully saturated rings. The van der Waals surface area contributed by atoms with E-state index in [1.165, 1.54) is 4.90 Å². The van der Waals surface area contributed by atoms with Crippen molar-refractivity contribution in [2.45, 2.75) is 32.1 Å². The van der Waals surface area contributed by atoms with E-state index in [-0.39, 0.29) is 38.8 Å². The maximum atomic E-state index is 14.2. The van der Waals surface area contributed by atoms with Gasteiger partial charge in [0, 0.05) is 31.1 Å². The van der Waals surface area contributed by atoms with Gasteiger partial charge >= 0.3 is 0 Å². The van der Waals surface area contributed by atoms with E-state index in [9.17, 15) is 18.0 Å². The Bertz CT molecular complexity index is 1720. The number of amides is 2. The lowest BCUT2D eigenvalue weighted by molar-refractivity contribution is -0.141. The average molecular weight is 648 g/mol. The third kappa shape index (κ3) is 8.85. The molecule has 0 saturated heterocycles. The van der Waals surface area contributed by atoms with E-state index in [0.29, 0.717) is 16.5 Å². The minimum Gasteiger partial charge on any atom is -0.454 e. The van der Waals surface area contributed by atoms with Crippen molar-refractivity contribution >= 4 is 33.4 Å². The van der Waals surface area contributed by atoms with Gasteiger partial charge in [-0.2, -0.15) is 4.31 Å². The minimum atomic E-state index is -3.78. The number of sulfonamides is 1. The molecule has 1 atom stereocenters. The summed E-state index contributed by atoms with van der Waals surface area (Å²) in [5.74, 6) is 0.345. The number of nitrogens with one attached hydrogen (secondary N) is 1. The number of carbonyl (C=O) groups is 2. The highest BCUT2D eigenvalue weighted by Gasteiger charge is 2.33. The van der Waals surface area contributed by atoms with Crippen LogP contribution in [0.1, 0.15) is 22.3 Å². The predicted octanol–water partition coefficient (Wildman–Crippen LogP) is 4.79. The van der Waals surface area contributed by atoms with Gasteiger partial charge in [0.1, 0.15) is 6.04 Å². The van der Waals surface area contributed by atoms with E-state index >= 15 is 0 Å². The molecule has 4 aromatic rings. The van der Waals surface area contributed by atoms with Crippen molar-refractivity contribution in [2.75, 3.05) is 19.6 Å². The zero-order valence-corrected chi connectivity index (χ0v) is 26.3. The van der Waals surface area contributed by atoms with Gasteiger partial charge in [-0.05, 0) is 46.5 Å². The molecule has 1 N–H and O–H groups in total. The molecule has 0 bridgehead atoms. The smallest absolute Gasteiger partial charge is 0.243 e. The molecule has 11 heteroatoms. The molecule has 4 aromatic carbocycles. The van der Waals surface area contributed by atoms with Crippen molar-refractivity contribution < 1.29 is 27.5 Å². The lowest BCUT2D eigenvalue weighted by Crippen LogP contribution is -2.53. The number of ether oxygens (including phenoxy) is 2. The normalized spacial score (nSPS) is 13.0. The highest BCUT2D eigenvalue weighted by atomic mass is 35.5. The summed E-state index contributed by atoms with van der Waals surface area (Å²) in [6, 6.07) is 29.9. The van der Waals surface area contributed by atoms with Crippen LogP contribution in [0.4, 0.5) is 0 Å². The predicted molar refractivity (Wildman–Crippen MR) is 172 cm³/mol. The number of halogens is 1. The van der Waals surface area contributed by atoms with Gasteiger partial charge in [0.2, 0.25) is 28.6 Å². The summed E-state index contributed by atoms with van der Waals surface area (Å²) in [7, 11) is -3.78. The Balaban J connectivity index is 1.45. The second kappa shape index (κ2) is 14.6. The summed E-state index contributed by atoms with van der Waals surface area (Å²) in [4.78, 5) is 29.6. The molecule has 0 aliphatic carbocycles. The molecule has 45 heavy (non-hydrogen) atoms. The number of rotatable bonds is 13. The molecule has 0 aromatic heterocycles. The van der Waals surface area contributed by atoms with Gasteiger partial charge < -0.3 is 19.7 Å². The Morgan fingerprint density at radius 1 is 0.800 bits per heavy atom. The quantitative estimate of drug-likeness (QED) is 0.224. The minimum absolute atomic E-state index is 0.0138. The molecule has 1 heterocycles. The van der Waals surface area contributed by atoms with Crippen molar-refractivity contribution in [3.05, 3.63) is 130 Å². The number of fused-ring (bicyclic) bond motifs is 1. The summed E-state index contributed by atoms with van der Waals surface area (Å²) in [5.41, 5.74) is 3.12. The fourth-order valence-electron chi connectivity index (χ4n) is 5.02. The first kappa shape index (κ1) is 32.0. The summed E-state index contributed by atoms with van der Waals surface area (Å²) >= 11 is 6.13. The molecule has 234 valence electrons. The van der Waals surface area contributed by atoms with Gasteiger partial charge in [-0.3, -0.25) is 9.59 Å². The van der Waals surface area contributed by atoms with Crippen LogP contribution in [0.25, 0.3) is 0 Å². The van der Waals surface area contributed by atoms with Gasteiger partial charge in [-0.25, -0.2) is 8.42 Å². The van der Waals surface area contributed by atoms with Crippen molar-refractivity contribution in [3.8, 4) is 11.5 Å². The van der Waals surface area contributed by atoms with Gasteiger partial charge in [0.05, 0.1) is 12.8 Å². The first-order valence-electron chi connectivity index (χ1n) is 14.4. The Morgan fingerprint density at radius 2 is 1.40 bits per heavy atom. The molecule has 5 rings (SSSR count). The average Bonchev–Trinajstić information content (AvgIpc) is 3.51. The molecule has 0 saturated carbocycles. The number of carbonyl (C=O) groups excluding carboxylic acids is 2. The van der Waals surface area contributed by atoms with E-state index in [2.05, 4.69) is 5.32 Å². The van der Waals surface area contributed by atoms with Gasteiger partial charge in [-0.1, -0.05) is 90.5 Å². The monoisotopic (exact) mass is 647 g/mol. The molecule has 1 aliphatic rings. The van der Waals surface area contributed by atoms with Crippen molar-refractivity contribution in [1.82, 2.24) is 14.5 Å². The Kier molecular flexibility index (Phi) is 10.4. The van der Waals surface area contributed by atoms with Crippen molar-refractivity contribution in [1.29, 1.82) is 0 Å². The largest absolute Gasteiger partial charge is 0.454 e. The van der Waals surface area contributed by atoms with Gasteiger partial charge in [-0.15, -0.1) is 0 Å². The molecular weight excluding hydrogens is 614 g/mol. The molecule has 2 amide bonds. The highest BCUT2D eigenvalue weighted by molar-refractivity contribution is 7.88. The summed E-state index contributed by atoms with van der Waals surface area (Å²) < 4.78 is 37.7. The van der Waals surface area contributed by atoms with Gasteiger partial charge in [0.25, 0.3) is 0 Å². The van der Waals surface area contributed by atoms with E-state index in [0.717, 1.165) is 32.8 Å². The Labute approximate surface area is 268 Å². The SMILES string of the molecule is CS(=O)(=O)N(CC(=O)N(Cc1ccc(Cl)cc1)[C@H](Cc1ccccc1)C(=O)NCc1ccc2c(c1)OCO2)Cc1ccccc1. The van der Waals surface area contributed by atoms with Crippen molar-refractivity contribution in [2.24, 2.45) is 0 Å². The molecule has 0 radical (unpaired) electrons. The number of hydrogen-bond acceptors (Lipinski definition) is 6. The van der Waals surface area contributed by atoms with E-state index in [1.54, 1.807) is 48.5 Å². The number of benzene rings is 4. The van der Waals surface area contributed by atoms with Crippen LogP contribution in [0.5, 0.6) is 11.5 Å². The molecule has 9 nitrogen and oxygen atoms in total. The fourth-order valence-corrected chi connectivity index (χ4v) is 5.87. The Morgan fingerprint density at radius 3 is 2.07 bits per heavy atom. The van der Waals surface area contributed by atoms with E-state index < -0.39 is 28.5 Å². The van der Waals surface area contributed by atoms with Crippen LogP contribution in [0.3, 0.4) is 0 Å². The standard InChI is InChI=1S/C34H34ClN3O6S/c1-45(41,42)37(21-26-10-6-3-7-11-26)23-33(39)38(22-27-12-15-29(35)16-13-27)30(18-25-8-4-2-5-9-25)34(40)36-20-28-14-17-31-32(19-28)44-24-43-31/h2-17,19,30H,18,20-24H2,1H3,(H,36,40)/t30-/m1/s1. The van der Waals surface area contributed by atoms with Crippen LogP contribution >= 0.6 is 11.6 Å². The topological polar surface area (TPSA) is 105 Å². The van der Waals surface area contributed by atoms with E-state index in [4.69, 9.17) is 21.1 Å². The lowest BCUT2D eigenvalue weighted by atomic mass is 10.0. The maximum absolute atomic E-state index is 14.2. The van der Waals surface area contributed by atoms with Crippen LogP contribution in [-0.4, -0.2) is 55.1 Å². The molecule has 0 spiro atoms. The Hall–Kier alpha value is -4.38. The third-order valence-electron chi connectivity index (χ3n) is 7.42. The lowest BCUT2D eigenvalue weighted by Gasteiger charge is -2.33. The van der Waals surface area contributed by atoms with Crippen molar-refractivity contribution in [3.63, 3.8) is 0 Å². The summed E-state index contributed by atoms with van der Waals surface area (Å²) in [6.07, 6.45) is 1.29. The first-order chi connectivity index (χ1) is 21.7. The van der Waals surface area contributed by atoms with Crippen LogP contribution in [0.2, 0.25) is 5.02 Å². The zero-order chi connectivity index (χ0) is 31.8. The highest BCUT2D eigenvalue weighted by Crippen LogP contribution is 2.32. The first-order valence-corrected chi connectivity index (χ1v) is 16.6. The second-order valence-electron chi connectivity index (χ2n) is 10.8. The maximum Gasteiger partial charge on any atom is 0.243 e. The molecule has 1 aliphatic heterocycles. The van der Waals surface area contributed by atoms with Crippen LogP contribution in [0, 0.1) is 0 Å². The van der Waals surface area contributed by atoms with Gasteiger partial charge in [0.15, 0.2) is 11.5 Å². The molecule has 0 unspecified atom stereocenters. The number of nitrogens with zero attached hydrogens (tertiary/aromatic N) is 2. The second-order valence-corrected chi connectivity index (χ2v) is 13.2. The fraction of sp³-hybridized carbons (Fsp3) is 0.235. The summed E-state index contributed by atoms with van der Waals surface area (Å²) in [6.45, 7) is -0.0379. The van der Waals surface area contributed by atoms with Crippen LogP contribution < -0.4 is 14.8 Å². The van der Waals surface area contributed by atoms with E-state index in [1.807, 2.05) is 54.6 Å².